The maximum atomic E-state index is 5.62. The number of rotatable bonds is 2. The van der Waals surface area contributed by atoms with Crippen molar-refractivity contribution in [2.75, 3.05) is 6.61 Å². The first kappa shape index (κ1) is 10.2. The minimum atomic E-state index is 0.173. The van der Waals surface area contributed by atoms with Gasteiger partial charge >= 0.3 is 0 Å². The molecule has 3 heterocycles. The number of hydrogen-bond acceptors (Lipinski definition) is 5. The van der Waals surface area contributed by atoms with Crippen molar-refractivity contribution in [3.05, 3.63) is 10.8 Å². The smallest absolute Gasteiger partial charge is 0.234 e. The van der Waals surface area contributed by atoms with Crippen molar-refractivity contribution < 1.29 is 4.74 Å². The van der Waals surface area contributed by atoms with Gasteiger partial charge in [-0.3, -0.25) is 0 Å². The minimum Gasteiger partial charge on any atom is -0.371 e. The van der Waals surface area contributed by atoms with Crippen LogP contribution in [0.3, 0.4) is 0 Å². The summed E-state index contributed by atoms with van der Waals surface area (Å²) in [5.41, 5.74) is 0. The zero-order valence-electron chi connectivity index (χ0n) is 9.38. The van der Waals surface area contributed by atoms with Crippen LogP contribution in [0.4, 0.5) is 0 Å². The quantitative estimate of drug-likeness (QED) is 0.804. The van der Waals surface area contributed by atoms with E-state index >= 15 is 0 Å². The standard InChI is InChI=1S/C10H14N4OS/c1-6(2)8-11-12-10-14(8)13-9(16-10)7-4-3-5-15-7/h6-7H,3-5H2,1-2H3. The second-order valence-corrected chi connectivity index (χ2v) is 5.34. The van der Waals surface area contributed by atoms with E-state index in [1.165, 1.54) is 0 Å². The molecule has 0 bridgehead atoms. The Bertz CT molecular complexity index is 498. The first-order chi connectivity index (χ1) is 7.75. The molecule has 0 aromatic carbocycles. The molecule has 0 spiro atoms. The summed E-state index contributed by atoms with van der Waals surface area (Å²) in [4.78, 5) is 0.870. The van der Waals surface area contributed by atoms with E-state index in [4.69, 9.17) is 4.74 Å². The van der Waals surface area contributed by atoms with Gasteiger partial charge < -0.3 is 4.74 Å². The van der Waals surface area contributed by atoms with Gasteiger partial charge in [0.05, 0.1) is 0 Å². The molecule has 6 heteroatoms. The van der Waals surface area contributed by atoms with Crippen molar-refractivity contribution in [3.8, 4) is 0 Å². The summed E-state index contributed by atoms with van der Waals surface area (Å²) in [7, 11) is 0. The molecular formula is C10H14N4OS. The number of nitrogens with zero attached hydrogens (tertiary/aromatic N) is 4. The summed E-state index contributed by atoms with van der Waals surface area (Å²) in [6.45, 7) is 5.05. The molecular weight excluding hydrogens is 224 g/mol. The molecule has 3 rings (SSSR count). The Morgan fingerprint density at radius 1 is 1.44 bits per heavy atom. The van der Waals surface area contributed by atoms with Crippen molar-refractivity contribution in [2.45, 2.75) is 38.7 Å². The van der Waals surface area contributed by atoms with E-state index in [-0.39, 0.29) is 6.10 Å². The van der Waals surface area contributed by atoms with Crippen molar-refractivity contribution in [1.29, 1.82) is 0 Å². The highest BCUT2D eigenvalue weighted by atomic mass is 32.1. The third kappa shape index (κ3) is 1.53. The Morgan fingerprint density at radius 2 is 2.31 bits per heavy atom. The van der Waals surface area contributed by atoms with Crippen LogP contribution in [-0.4, -0.2) is 26.4 Å². The molecule has 2 aromatic heterocycles. The average Bonchev–Trinajstić information content (AvgIpc) is 2.92. The third-order valence-electron chi connectivity index (χ3n) is 2.75. The Balaban J connectivity index is 2.02. The van der Waals surface area contributed by atoms with Gasteiger partial charge in [0.25, 0.3) is 0 Å². The predicted molar refractivity (Wildman–Crippen MR) is 60.7 cm³/mol. The van der Waals surface area contributed by atoms with E-state index in [2.05, 4.69) is 29.1 Å². The molecule has 0 amide bonds. The normalized spacial score (nSPS) is 21.3. The molecule has 0 N–H and O–H groups in total. The molecule has 1 fully saturated rings. The molecule has 0 saturated carbocycles. The van der Waals surface area contributed by atoms with Gasteiger partial charge in [-0.25, -0.2) is 0 Å². The SMILES string of the molecule is CC(C)c1nnc2sc(C3CCCO3)nn12. The van der Waals surface area contributed by atoms with E-state index in [1.807, 2.05) is 4.52 Å². The zero-order chi connectivity index (χ0) is 11.1. The van der Waals surface area contributed by atoms with E-state index in [0.717, 1.165) is 35.2 Å². The van der Waals surface area contributed by atoms with Crippen LogP contribution in [0, 0.1) is 0 Å². The van der Waals surface area contributed by atoms with Crippen LogP contribution in [0.1, 0.15) is 49.5 Å². The summed E-state index contributed by atoms with van der Waals surface area (Å²) in [5.74, 6) is 1.27. The summed E-state index contributed by atoms with van der Waals surface area (Å²) in [6.07, 6.45) is 2.37. The second-order valence-electron chi connectivity index (χ2n) is 4.35. The number of hydrogen-bond donors (Lipinski definition) is 0. The summed E-state index contributed by atoms with van der Waals surface area (Å²) in [5, 5.41) is 13.9. The molecule has 1 saturated heterocycles. The highest BCUT2D eigenvalue weighted by molar-refractivity contribution is 7.16. The van der Waals surface area contributed by atoms with E-state index in [1.54, 1.807) is 11.3 Å². The number of ether oxygens (including phenoxy) is 1. The molecule has 1 unspecified atom stereocenters. The van der Waals surface area contributed by atoms with Gasteiger partial charge in [-0.1, -0.05) is 25.2 Å². The van der Waals surface area contributed by atoms with Crippen molar-refractivity contribution in [3.63, 3.8) is 0 Å². The van der Waals surface area contributed by atoms with Crippen LogP contribution in [0.5, 0.6) is 0 Å². The average molecular weight is 238 g/mol. The van der Waals surface area contributed by atoms with Gasteiger partial charge in [-0.2, -0.15) is 9.61 Å². The fourth-order valence-corrected chi connectivity index (χ4v) is 2.84. The molecule has 1 atom stereocenters. The van der Waals surface area contributed by atoms with Crippen LogP contribution in [-0.2, 0) is 4.74 Å². The summed E-state index contributed by atoms with van der Waals surface area (Å²) < 4.78 is 7.48. The van der Waals surface area contributed by atoms with Gasteiger partial charge in [0, 0.05) is 12.5 Å². The number of fused-ring (bicyclic) bond motifs is 1. The lowest BCUT2D eigenvalue weighted by molar-refractivity contribution is 0.111. The first-order valence-corrected chi connectivity index (χ1v) is 6.41. The third-order valence-corrected chi connectivity index (χ3v) is 3.74. The molecule has 16 heavy (non-hydrogen) atoms. The lowest BCUT2D eigenvalue weighted by Gasteiger charge is -2.03. The summed E-state index contributed by atoms with van der Waals surface area (Å²) >= 11 is 1.59. The Labute approximate surface area is 97.4 Å². The van der Waals surface area contributed by atoms with Gasteiger partial charge in [0.2, 0.25) is 4.96 Å². The fraction of sp³-hybridized carbons (Fsp3) is 0.700. The Morgan fingerprint density at radius 3 is 3.00 bits per heavy atom. The van der Waals surface area contributed by atoms with Crippen molar-refractivity contribution >= 4 is 16.3 Å². The largest absolute Gasteiger partial charge is 0.371 e. The highest BCUT2D eigenvalue weighted by Crippen LogP contribution is 2.31. The maximum absolute atomic E-state index is 5.62. The number of aromatic nitrogens is 4. The Hall–Kier alpha value is -1.01. The van der Waals surface area contributed by atoms with Crippen molar-refractivity contribution in [2.24, 2.45) is 0 Å². The van der Waals surface area contributed by atoms with Gasteiger partial charge in [-0.05, 0) is 12.8 Å². The van der Waals surface area contributed by atoms with E-state index in [9.17, 15) is 0 Å². The lowest BCUT2D eigenvalue weighted by atomic mass is 10.2. The van der Waals surface area contributed by atoms with Crippen molar-refractivity contribution in [1.82, 2.24) is 19.8 Å². The topological polar surface area (TPSA) is 52.3 Å². The maximum Gasteiger partial charge on any atom is 0.234 e. The van der Waals surface area contributed by atoms with Gasteiger partial charge in [0.1, 0.15) is 11.1 Å². The summed E-state index contributed by atoms with van der Waals surface area (Å²) in [6, 6.07) is 0. The zero-order valence-corrected chi connectivity index (χ0v) is 10.2. The predicted octanol–water partition coefficient (Wildman–Crippen LogP) is 2.16. The molecule has 86 valence electrons. The van der Waals surface area contributed by atoms with Gasteiger partial charge in [0.15, 0.2) is 5.82 Å². The van der Waals surface area contributed by atoms with Crippen LogP contribution in [0.15, 0.2) is 0 Å². The monoisotopic (exact) mass is 238 g/mol. The van der Waals surface area contributed by atoms with Crippen LogP contribution in [0.2, 0.25) is 0 Å². The second kappa shape index (κ2) is 3.78. The molecule has 0 radical (unpaired) electrons. The first-order valence-electron chi connectivity index (χ1n) is 5.59. The molecule has 2 aromatic rings. The van der Waals surface area contributed by atoms with Crippen LogP contribution in [0.25, 0.3) is 4.96 Å². The minimum absolute atomic E-state index is 0.173. The Kier molecular flexibility index (Phi) is 2.40. The van der Waals surface area contributed by atoms with Gasteiger partial charge in [-0.15, -0.1) is 10.2 Å². The van der Waals surface area contributed by atoms with E-state index < -0.39 is 0 Å². The highest BCUT2D eigenvalue weighted by Gasteiger charge is 2.23. The molecule has 1 aliphatic heterocycles. The fourth-order valence-electron chi connectivity index (χ4n) is 1.91. The van der Waals surface area contributed by atoms with Crippen LogP contribution >= 0.6 is 11.3 Å². The molecule has 5 nitrogen and oxygen atoms in total. The van der Waals surface area contributed by atoms with Crippen LogP contribution < -0.4 is 0 Å². The lowest BCUT2D eigenvalue weighted by Crippen LogP contribution is -2.01. The molecule has 1 aliphatic rings. The molecule has 0 aliphatic carbocycles. The van der Waals surface area contributed by atoms with E-state index in [0.29, 0.717) is 5.92 Å².